The summed E-state index contributed by atoms with van der Waals surface area (Å²) in [4.78, 5) is 16.4. The number of pyridine rings is 1. The molecule has 1 aliphatic carbocycles. The molecule has 6 heteroatoms. The van der Waals surface area contributed by atoms with Gasteiger partial charge in [-0.2, -0.15) is 0 Å². The molecule has 1 heterocycles. The van der Waals surface area contributed by atoms with Gasteiger partial charge in [-0.05, 0) is 43.2 Å². The number of hydrogen-bond acceptors (Lipinski definition) is 4. The van der Waals surface area contributed by atoms with Gasteiger partial charge < -0.3 is 10.8 Å². The number of carboxylic acid groups (broad SMARTS) is 1. The summed E-state index contributed by atoms with van der Waals surface area (Å²) in [5.74, 6) is -1.50. The highest BCUT2D eigenvalue weighted by molar-refractivity contribution is 8.00. The van der Waals surface area contributed by atoms with Crippen molar-refractivity contribution in [3.05, 3.63) is 41.8 Å². The number of thioether (sulfide) groups is 1. The van der Waals surface area contributed by atoms with Crippen molar-refractivity contribution in [2.75, 3.05) is 5.73 Å². The fourth-order valence-electron chi connectivity index (χ4n) is 2.77. The maximum atomic E-state index is 13.2. The molecule has 1 aliphatic rings. The van der Waals surface area contributed by atoms with E-state index in [2.05, 4.69) is 4.98 Å². The van der Waals surface area contributed by atoms with E-state index in [1.165, 1.54) is 25.0 Å². The lowest BCUT2D eigenvalue weighted by Gasteiger charge is -2.15. The lowest BCUT2D eigenvalue weighted by Crippen LogP contribution is -2.08. The van der Waals surface area contributed by atoms with Crippen LogP contribution in [0, 0.1) is 5.82 Å². The van der Waals surface area contributed by atoms with Crippen molar-refractivity contribution < 1.29 is 14.3 Å². The van der Waals surface area contributed by atoms with Crippen LogP contribution >= 0.6 is 11.8 Å². The molecule has 1 saturated carbocycles. The summed E-state index contributed by atoms with van der Waals surface area (Å²) < 4.78 is 13.2. The van der Waals surface area contributed by atoms with Crippen molar-refractivity contribution in [2.24, 2.45) is 0 Å². The number of nitrogens with two attached hydrogens (primary N) is 1. The third-order valence-corrected chi connectivity index (χ3v) is 5.30. The average molecular weight is 332 g/mol. The summed E-state index contributed by atoms with van der Waals surface area (Å²) in [5.41, 5.74) is 7.08. The molecule has 4 nitrogen and oxygen atoms in total. The van der Waals surface area contributed by atoms with Gasteiger partial charge in [-0.15, -0.1) is 11.8 Å². The van der Waals surface area contributed by atoms with Gasteiger partial charge in [-0.1, -0.05) is 12.8 Å². The second-order valence-electron chi connectivity index (χ2n) is 5.61. The van der Waals surface area contributed by atoms with Crippen LogP contribution in [-0.2, 0) is 0 Å². The molecular formula is C17H17FN2O2S. The fourth-order valence-corrected chi connectivity index (χ4v) is 4.17. The smallest absolute Gasteiger partial charge is 0.356 e. The van der Waals surface area contributed by atoms with Crippen molar-refractivity contribution >= 4 is 23.4 Å². The average Bonchev–Trinajstić information content (AvgIpc) is 3.01. The van der Waals surface area contributed by atoms with Gasteiger partial charge in [0, 0.05) is 15.7 Å². The maximum Gasteiger partial charge on any atom is 0.356 e. The summed E-state index contributed by atoms with van der Waals surface area (Å²) in [7, 11) is 0. The van der Waals surface area contributed by atoms with Gasteiger partial charge in [-0.25, -0.2) is 14.2 Å². The predicted octanol–water partition coefficient (Wildman–Crippen LogP) is 4.20. The highest BCUT2D eigenvalue weighted by Crippen LogP contribution is 2.40. The van der Waals surface area contributed by atoms with Crippen LogP contribution in [-0.4, -0.2) is 21.3 Å². The van der Waals surface area contributed by atoms with Crippen LogP contribution in [0.1, 0.15) is 36.2 Å². The number of nitrogens with zero attached hydrogens (tertiary/aromatic N) is 1. The summed E-state index contributed by atoms with van der Waals surface area (Å²) in [6.07, 6.45) is 4.68. The van der Waals surface area contributed by atoms with Gasteiger partial charge in [0.15, 0.2) is 5.69 Å². The highest BCUT2D eigenvalue weighted by atomic mass is 32.2. The Morgan fingerprint density at radius 3 is 2.52 bits per heavy atom. The summed E-state index contributed by atoms with van der Waals surface area (Å²) >= 11 is 1.68. The number of rotatable bonds is 4. The van der Waals surface area contributed by atoms with Crippen molar-refractivity contribution in [1.82, 2.24) is 4.98 Å². The lowest BCUT2D eigenvalue weighted by atomic mass is 10.1. The van der Waals surface area contributed by atoms with Crippen LogP contribution in [0.3, 0.4) is 0 Å². The second kappa shape index (κ2) is 6.58. The molecule has 120 valence electrons. The molecule has 0 saturated heterocycles. The first kappa shape index (κ1) is 15.8. The number of carboxylic acids is 1. The van der Waals surface area contributed by atoms with Crippen LogP contribution in [0.25, 0.3) is 11.3 Å². The van der Waals surface area contributed by atoms with E-state index in [9.17, 15) is 14.3 Å². The topological polar surface area (TPSA) is 76.2 Å². The van der Waals surface area contributed by atoms with Crippen LogP contribution in [0.15, 0.2) is 35.2 Å². The quantitative estimate of drug-likeness (QED) is 0.877. The van der Waals surface area contributed by atoms with E-state index < -0.39 is 5.97 Å². The third kappa shape index (κ3) is 3.47. The summed E-state index contributed by atoms with van der Waals surface area (Å²) in [5, 5.41) is 9.74. The van der Waals surface area contributed by atoms with E-state index in [-0.39, 0.29) is 17.2 Å². The van der Waals surface area contributed by atoms with Crippen LogP contribution < -0.4 is 5.73 Å². The van der Waals surface area contributed by atoms with Crippen molar-refractivity contribution in [2.45, 2.75) is 35.8 Å². The second-order valence-corrected chi connectivity index (χ2v) is 6.95. The fraction of sp³-hybridized carbons (Fsp3) is 0.294. The molecule has 1 fully saturated rings. The summed E-state index contributed by atoms with van der Waals surface area (Å²) in [6, 6.07) is 7.59. The molecule has 0 amide bonds. The molecule has 0 unspecified atom stereocenters. The number of carbonyl (C=O) groups is 1. The predicted molar refractivity (Wildman–Crippen MR) is 89.1 cm³/mol. The molecule has 1 aromatic heterocycles. The minimum absolute atomic E-state index is 0.156. The Bertz CT molecular complexity index is 728. The van der Waals surface area contributed by atoms with Crippen molar-refractivity contribution in [3.8, 4) is 11.3 Å². The van der Waals surface area contributed by atoms with Crippen LogP contribution in [0.4, 0.5) is 10.1 Å². The zero-order valence-electron chi connectivity index (χ0n) is 12.5. The Morgan fingerprint density at radius 2 is 1.91 bits per heavy atom. The molecular weight excluding hydrogens is 315 g/mol. The first-order valence-corrected chi connectivity index (χ1v) is 8.39. The lowest BCUT2D eigenvalue weighted by molar-refractivity contribution is 0.0692. The minimum atomic E-state index is -1.16. The molecule has 0 aliphatic heterocycles. The Hall–Kier alpha value is -2.08. The van der Waals surface area contributed by atoms with Gasteiger partial charge in [0.2, 0.25) is 0 Å². The van der Waals surface area contributed by atoms with Gasteiger partial charge in [0.05, 0.1) is 11.4 Å². The van der Waals surface area contributed by atoms with Crippen molar-refractivity contribution in [1.29, 1.82) is 0 Å². The van der Waals surface area contributed by atoms with E-state index in [0.717, 1.165) is 17.7 Å². The molecule has 23 heavy (non-hydrogen) atoms. The minimum Gasteiger partial charge on any atom is -0.476 e. The molecule has 0 atom stereocenters. The van der Waals surface area contributed by atoms with E-state index >= 15 is 0 Å². The van der Waals surface area contributed by atoms with Gasteiger partial charge in [0.25, 0.3) is 0 Å². The largest absolute Gasteiger partial charge is 0.476 e. The van der Waals surface area contributed by atoms with E-state index in [1.807, 2.05) is 0 Å². The normalized spacial score (nSPS) is 15.0. The third-order valence-electron chi connectivity index (χ3n) is 3.93. The Balaban J connectivity index is 2.06. The first-order chi connectivity index (χ1) is 11.0. The number of anilines is 1. The molecule has 0 spiro atoms. The Labute approximate surface area is 137 Å². The summed E-state index contributed by atoms with van der Waals surface area (Å²) in [6.45, 7) is 0. The van der Waals surface area contributed by atoms with Gasteiger partial charge in [0.1, 0.15) is 5.82 Å². The van der Waals surface area contributed by atoms with E-state index in [4.69, 9.17) is 5.73 Å². The van der Waals surface area contributed by atoms with Gasteiger partial charge in [-0.3, -0.25) is 0 Å². The molecule has 3 rings (SSSR count). The number of nitrogen functional groups attached to an aromatic ring is 1. The Morgan fingerprint density at radius 1 is 1.26 bits per heavy atom. The molecule has 0 radical (unpaired) electrons. The first-order valence-electron chi connectivity index (χ1n) is 7.51. The maximum absolute atomic E-state index is 13.2. The SMILES string of the molecule is Nc1cc(SC2CCCC2)c(-c2ccc(F)cc2)nc1C(=O)O. The number of aromatic carboxylic acids is 1. The standard InChI is InChI=1S/C17H17FN2O2S/c18-11-7-5-10(6-8-11)15-14(23-12-3-1-2-4-12)9-13(19)16(20-15)17(21)22/h5-9,12H,1-4,19H2,(H,21,22). The zero-order chi connectivity index (χ0) is 16.4. The highest BCUT2D eigenvalue weighted by Gasteiger charge is 2.21. The molecule has 1 aromatic carbocycles. The number of aromatic nitrogens is 1. The van der Waals surface area contributed by atoms with Crippen molar-refractivity contribution in [3.63, 3.8) is 0 Å². The molecule has 0 bridgehead atoms. The van der Waals surface area contributed by atoms with Crippen LogP contribution in [0.2, 0.25) is 0 Å². The Kier molecular flexibility index (Phi) is 4.52. The molecule has 2 aromatic rings. The number of halogens is 1. The van der Waals surface area contributed by atoms with E-state index in [0.29, 0.717) is 16.5 Å². The zero-order valence-corrected chi connectivity index (χ0v) is 13.3. The van der Waals surface area contributed by atoms with Crippen LogP contribution in [0.5, 0.6) is 0 Å². The number of benzene rings is 1. The van der Waals surface area contributed by atoms with Gasteiger partial charge >= 0.3 is 5.97 Å². The van der Waals surface area contributed by atoms with E-state index in [1.54, 1.807) is 30.0 Å². The molecule has 3 N–H and O–H groups in total. The number of hydrogen-bond donors (Lipinski definition) is 2. The monoisotopic (exact) mass is 332 g/mol.